The molecule has 25 heavy (non-hydrogen) atoms. The molecule has 0 aromatic carbocycles. The van der Waals surface area contributed by atoms with Gasteiger partial charge in [-0.05, 0) is 37.0 Å². The zero-order valence-electron chi connectivity index (χ0n) is 14.5. The van der Waals surface area contributed by atoms with Crippen LogP contribution >= 0.6 is 0 Å². The van der Waals surface area contributed by atoms with Gasteiger partial charge in [0.25, 0.3) is 0 Å². The van der Waals surface area contributed by atoms with Gasteiger partial charge in [-0.25, -0.2) is 4.98 Å². The second kappa shape index (κ2) is 7.50. The van der Waals surface area contributed by atoms with Crippen molar-refractivity contribution in [3.63, 3.8) is 0 Å². The van der Waals surface area contributed by atoms with E-state index in [2.05, 4.69) is 20.9 Å². The van der Waals surface area contributed by atoms with Gasteiger partial charge in [-0.1, -0.05) is 12.1 Å². The predicted octanol–water partition coefficient (Wildman–Crippen LogP) is 2.93. The van der Waals surface area contributed by atoms with Gasteiger partial charge in [-0.15, -0.1) is 0 Å². The number of hydrogen-bond acceptors (Lipinski definition) is 5. The van der Waals surface area contributed by atoms with Crippen LogP contribution in [-0.2, 0) is 11.3 Å². The fraction of sp³-hybridized carbons (Fsp3) is 0.500. The summed E-state index contributed by atoms with van der Waals surface area (Å²) in [6, 6.07) is 9.95. The number of rotatable bonds is 5. The van der Waals surface area contributed by atoms with E-state index in [4.69, 9.17) is 9.47 Å². The minimum Gasteiger partial charge on any atom is -0.477 e. The van der Waals surface area contributed by atoms with Crippen LogP contribution in [0.3, 0.4) is 0 Å². The van der Waals surface area contributed by atoms with Crippen molar-refractivity contribution in [2.24, 2.45) is 5.41 Å². The largest absolute Gasteiger partial charge is 0.477 e. The van der Waals surface area contributed by atoms with Crippen molar-refractivity contribution in [1.82, 2.24) is 14.9 Å². The van der Waals surface area contributed by atoms with Crippen LogP contribution in [0.15, 0.2) is 48.9 Å². The number of aromatic nitrogens is 2. The van der Waals surface area contributed by atoms with E-state index >= 15 is 0 Å². The minimum atomic E-state index is 0.0518. The van der Waals surface area contributed by atoms with Crippen molar-refractivity contribution < 1.29 is 9.47 Å². The number of piperidine rings is 1. The molecule has 0 N–H and O–H groups in total. The lowest BCUT2D eigenvalue weighted by molar-refractivity contribution is -0.141. The molecule has 0 radical (unpaired) electrons. The Kier molecular flexibility index (Phi) is 4.95. The summed E-state index contributed by atoms with van der Waals surface area (Å²) >= 11 is 0. The topological polar surface area (TPSA) is 47.5 Å². The van der Waals surface area contributed by atoms with Gasteiger partial charge in [-0.2, -0.15) is 0 Å². The fourth-order valence-electron chi connectivity index (χ4n) is 4.13. The molecule has 2 aliphatic heterocycles. The summed E-state index contributed by atoms with van der Waals surface area (Å²) in [5.41, 5.74) is 1.31. The van der Waals surface area contributed by atoms with Gasteiger partial charge >= 0.3 is 0 Å². The molecule has 2 aliphatic rings. The first kappa shape index (κ1) is 16.5. The Morgan fingerprint density at radius 1 is 1.24 bits per heavy atom. The summed E-state index contributed by atoms with van der Waals surface area (Å²) in [6.45, 7) is 4.53. The molecule has 5 nitrogen and oxygen atoms in total. The average molecular weight is 339 g/mol. The van der Waals surface area contributed by atoms with Crippen molar-refractivity contribution in [2.45, 2.75) is 31.9 Å². The molecule has 132 valence electrons. The highest BCUT2D eigenvalue weighted by Crippen LogP contribution is 2.40. The monoisotopic (exact) mass is 339 g/mol. The lowest BCUT2D eigenvalue weighted by Crippen LogP contribution is -2.57. The predicted molar refractivity (Wildman–Crippen MR) is 95.3 cm³/mol. The molecule has 4 heterocycles. The Morgan fingerprint density at radius 3 is 3.08 bits per heavy atom. The number of nitrogens with zero attached hydrogens (tertiary/aromatic N) is 3. The normalized spacial score (nSPS) is 26.8. The Balaban J connectivity index is 1.47. The molecular weight excluding hydrogens is 314 g/mol. The maximum absolute atomic E-state index is 6.13. The summed E-state index contributed by atoms with van der Waals surface area (Å²) < 4.78 is 12.2. The second-order valence-corrected chi connectivity index (χ2v) is 7.14. The average Bonchev–Trinajstić information content (AvgIpc) is 2.68. The SMILES string of the molecule is c1ccc(OC[C@@]23CCCO[C@H]2CCN(Cc2cccnc2)C3)nc1. The molecule has 0 aliphatic carbocycles. The van der Waals surface area contributed by atoms with Crippen LogP contribution in [0.1, 0.15) is 24.8 Å². The van der Waals surface area contributed by atoms with E-state index in [0.717, 1.165) is 45.5 Å². The summed E-state index contributed by atoms with van der Waals surface area (Å²) in [5.74, 6) is 0.700. The molecule has 2 aromatic rings. The molecule has 2 atom stereocenters. The van der Waals surface area contributed by atoms with E-state index in [1.54, 1.807) is 6.20 Å². The van der Waals surface area contributed by atoms with Gasteiger partial charge in [0.05, 0.1) is 12.7 Å². The van der Waals surface area contributed by atoms with Gasteiger partial charge < -0.3 is 9.47 Å². The van der Waals surface area contributed by atoms with E-state index < -0.39 is 0 Å². The fourth-order valence-corrected chi connectivity index (χ4v) is 4.13. The zero-order chi connectivity index (χ0) is 17.0. The van der Waals surface area contributed by atoms with E-state index in [1.807, 2.05) is 36.7 Å². The van der Waals surface area contributed by atoms with Crippen LogP contribution in [0.2, 0.25) is 0 Å². The standard InChI is InChI=1S/C20H25N3O2/c1-2-10-22-19(6-1)25-16-20-8-4-12-24-18(20)7-11-23(15-20)14-17-5-3-9-21-13-17/h1-3,5-6,9-10,13,18H,4,7-8,11-12,14-16H2/t18-,20-/m0/s1. The lowest BCUT2D eigenvalue weighted by atomic mass is 9.73. The first-order chi connectivity index (χ1) is 12.3. The molecular formula is C20H25N3O2. The maximum Gasteiger partial charge on any atom is 0.213 e. The number of pyridine rings is 2. The van der Waals surface area contributed by atoms with Gasteiger partial charge in [0.2, 0.25) is 5.88 Å². The third-order valence-corrected chi connectivity index (χ3v) is 5.34. The van der Waals surface area contributed by atoms with Gasteiger partial charge in [0.1, 0.15) is 0 Å². The lowest BCUT2D eigenvalue weighted by Gasteiger charge is -2.50. The molecule has 0 saturated carbocycles. The van der Waals surface area contributed by atoms with Crippen molar-refractivity contribution >= 4 is 0 Å². The number of hydrogen-bond donors (Lipinski definition) is 0. The zero-order valence-corrected chi connectivity index (χ0v) is 14.5. The Bertz CT molecular complexity index is 667. The van der Waals surface area contributed by atoms with Crippen LogP contribution in [0.25, 0.3) is 0 Å². The van der Waals surface area contributed by atoms with Gasteiger partial charge in [0, 0.05) is 56.3 Å². The summed E-state index contributed by atoms with van der Waals surface area (Å²) in [6.07, 6.45) is 9.16. The third-order valence-electron chi connectivity index (χ3n) is 5.34. The highest BCUT2D eigenvalue weighted by atomic mass is 16.5. The molecule has 2 fully saturated rings. The minimum absolute atomic E-state index is 0.0518. The van der Waals surface area contributed by atoms with Crippen molar-refractivity contribution in [1.29, 1.82) is 0 Å². The highest BCUT2D eigenvalue weighted by Gasteiger charge is 2.46. The van der Waals surface area contributed by atoms with Gasteiger partial charge in [0.15, 0.2) is 0 Å². The van der Waals surface area contributed by atoms with Crippen LogP contribution < -0.4 is 4.74 Å². The molecule has 0 bridgehead atoms. The van der Waals surface area contributed by atoms with Gasteiger partial charge in [-0.3, -0.25) is 9.88 Å². The highest BCUT2D eigenvalue weighted by molar-refractivity contribution is 5.11. The summed E-state index contributed by atoms with van der Waals surface area (Å²) in [5, 5.41) is 0. The first-order valence-corrected chi connectivity index (χ1v) is 9.11. The first-order valence-electron chi connectivity index (χ1n) is 9.11. The van der Waals surface area contributed by atoms with Crippen molar-refractivity contribution in [2.75, 3.05) is 26.3 Å². The molecule has 4 rings (SSSR count). The second-order valence-electron chi connectivity index (χ2n) is 7.14. The summed E-state index contributed by atoms with van der Waals surface area (Å²) in [4.78, 5) is 11.1. The van der Waals surface area contributed by atoms with Crippen LogP contribution in [0.4, 0.5) is 0 Å². The molecule has 5 heteroatoms. The van der Waals surface area contributed by atoms with Crippen LogP contribution in [0, 0.1) is 5.41 Å². The molecule has 0 amide bonds. The maximum atomic E-state index is 6.13. The quantitative estimate of drug-likeness (QED) is 0.838. The van der Waals surface area contributed by atoms with Crippen molar-refractivity contribution in [3.05, 3.63) is 54.5 Å². The Hall–Kier alpha value is -1.98. The van der Waals surface area contributed by atoms with Crippen LogP contribution in [-0.4, -0.2) is 47.3 Å². The molecule has 0 unspecified atom stereocenters. The Morgan fingerprint density at radius 2 is 2.24 bits per heavy atom. The Labute approximate surface area is 149 Å². The molecule has 2 saturated heterocycles. The molecule has 0 spiro atoms. The number of ether oxygens (including phenoxy) is 2. The molecule has 2 aromatic heterocycles. The number of fused-ring (bicyclic) bond motifs is 1. The van der Waals surface area contributed by atoms with Crippen LogP contribution in [0.5, 0.6) is 5.88 Å². The van der Waals surface area contributed by atoms with E-state index in [9.17, 15) is 0 Å². The summed E-state index contributed by atoms with van der Waals surface area (Å²) in [7, 11) is 0. The van der Waals surface area contributed by atoms with E-state index in [1.165, 1.54) is 5.56 Å². The van der Waals surface area contributed by atoms with E-state index in [0.29, 0.717) is 12.5 Å². The number of likely N-dealkylation sites (tertiary alicyclic amines) is 1. The van der Waals surface area contributed by atoms with E-state index in [-0.39, 0.29) is 11.5 Å². The third kappa shape index (κ3) is 3.83. The smallest absolute Gasteiger partial charge is 0.213 e. The van der Waals surface area contributed by atoms with Crippen molar-refractivity contribution in [3.8, 4) is 5.88 Å².